The maximum absolute atomic E-state index is 12.4. The standard InChI is InChI=1S/C16H24N2O2.ClH/c1-12(2)20-15-8-6-13(7-9-15)16(19)18(3)14-5-4-10-17-11-14;/h6-9,12,14,17H,4-5,10-11H2,1-3H3;1H/t14-;/m0./s1. The number of amides is 1. The molecular formula is C16H25ClN2O2. The fourth-order valence-electron chi connectivity index (χ4n) is 2.48. The van der Waals surface area contributed by atoms with Crippen molar-refractivity contribution in [1.82, 2.24) is 10.2 Å². The lowest BCUT2D eigenvalue weighted by Gasteiger charge is -2.31. The summed E-state index contributed by atoms with van der Waals surface area (Å²) >= 11 is 0. The Kier molecular flexibility index (Phi) is 6.99. The summed E-state index contributed by atoms with van der Waals surface area (Å²) in [7, 11) is 1.89. The average Bonchev–Trinajstić information content (AvgIpc) is 2.47. The molecule has 1 atom stereocenters. The third-order valence-electron chi connectivity index (χ3n) is 3.61. The normalized spacial score (nSPS) is 18.0. The van der Waals surface area contributed by atoms with Crippen molar-refractivity contribution in [3.8, 4) is 5.75 Å². The van der Waals surface area contributed by atoms with Crippen LogP contribution in [0.5, 0.6) is 5.75 Å². The third kappa shape index (κ3) is 4.90. The van der Waals surface area contributed by atoms with Crippen molar-refractivity contribution >= 4 is 18.3 Å². The first-order valence-corrected chi connectivity index (χ1v) is 7.32. The summed E-state index contributed by atoms with van der Waals surface area (Å²) < 4.78 is 5.59. The lowest BCUT2D eigenvalue weighted by molar-refractivity contribution is 0.0708. The number of nitrogens with one attached hydrogen (secondary N) is 1. The van der Waals surface area contributed by atoms with Crippen LogP contribution in [0, 0.1) is 0 Å². The predicted molar refractivity (Wildman–Crippen MR) is 87.4 cm³/mol. The summed E-state index contributed by atoms with van der Waals surface area (Å²) in [5, 5.41) is 3.34. The van der Waals surface area contributed by atoms with Gasteiger partial charge in [0.2, 0.25) is 0 Å². The van der Waals surface area contributed by atoms with Gasteiger partial charge in [-0.1, -0.05) is 0 Å². The largest absolute Gasteiger partial charge is 0.491 e. The topological polar surface area (TPSA) is 41.6 Å². The van der Waals surface area contributed by atoms with Gasteiger partial charge in [-0.25, -0.2) is 0 Å². The zero-order valence-corrected chi connectivity index (χ0v) is 13.8. The summed E-state index contributed by atoms with van der Waals surface area (Å²) in [5.41, 5.74) is 0.717. The SMILES string of the molecule is CC(C)Oc1ccc(C(=O)N(C)[C@H]2CCCNC2)cc1.Cl. The lowest BCUT2D eigenvalue weighted by Crippen LogP contribution is -2.46. The molecule has 1 heterocycles. The quantitative estimate of drug-likeness (QED) is 0.929. The highest BCUT2D eigenvalue weighted by molar-refractivity contribution is 5.94. The number of likely N-dealkylation sites (N-methyl/N-ethyl adjacent to an activating group) is 1. The molecule has 0 unspecified atom stereocenters. The Morgan fingerprint density at radius 3 is 2.52 bits per heavy atom. The number of halogens is 1. The van der Waals surface area contributed by atoms with Crippen LogP contribution in [0.2, 0.25) is 0 Å². The van der Waals surface area contributed by atoms with E-state index in [-0.39, 0.29) is 24.4 Å². The fourth-order valence-corrected chi connectivity index (χ4v) is 2.48. The number of rotatable bonds is 4. The van der Waals surface area contributed by atoms with E-state index in [2.05, 4.69) is 5.32 Å². The van der Waals surface area contributed by atoms with Gasteiger partial charge in [0.25, 0.3) is 5.91 Å². The number of ether oxygens (including phenoxy) is 1. The molecule has 1 aromatic carbocycles. The van der Waals surface area contributed by atoms with Gasteiger partial charge in [0.05, 0.1) is 6.10 Å². The second kappa shape index (κ2) is 8.25. The molecule has 1 amide bonds. The van der Waals surface area contributed by atoms with E-state index in [0.717, 1.165) is 31.7 Å². The molecule has 1 aliphatic heterocycles. The maximum atomic E-state index is 12.4. The van der Waals surface area contributed by atoms with Gasteiger partial charge in [-0.2, -0.15) is 0 Å². The Labute approximate surface area is 133 Å². The maximum Gasteiger partial charge on any atom is 0.253 e. The average molecular weight is 313 g/mol. The van der Waals surface area contributed by atoms with Gasteiger partial charge in [0, 0.05) is 25.2 Å². The van der Waals surface area contributed by atoms with Gasteiger partial charge >= 0.3 is 0 Å². The first kappa shape index (κ1) is 17.8. The number of carbonyl (C=O) groups is 1. The molecule has 1 fully saturated rings. The van der Waals surface area contributed by atoms with E-state index >= 15 is 0 Å². The van der Waals surface area contributed by atoms with Gasteiger partial charge in [-0.15, -0.1) is 12.4 Å². The summed E-state index contributed by atoms with van der Waals surface area (Å²) in [6.07, 6.45) is 2.35. The van der Waals surface area contributed by atoms with Crippen LogP contribution in [0.3, 0.4) is 0 Å². The molecule has 1 N–H and O–H groups in total. The van der Waals surface area contributed by atoms with Crippen molar-refractivity contribution in [1.29, 1.82) is 0 Å². The number of carbonyl (C=O) groups excluding carboxylic acids is 1. The highest BCUT2D eigenvalue weighted by Gasteiger charge is 2.22. The van der Waals surface area contributed by atoms with Crippen LogP contribution in [-0.4, -0.2) is 43.1 Å². The molecular weight excluding hydrogens is 288 g/mol. The van der Waals surface area contributed by atoms with Crippen molar-refractivity contribution in [2.45, 2.75) is 38.8 Å². The molecule has 0 aromatic heterocycles. The van der Waals surface area contributed by atoms with Gasteiger partial charge in [-0.3, -0.25) is 4.79 Å². The first-order chi connectivity index (χ1) is 9.58. The number of hydrogen-bond acceptors (Lipinski definition) is 3. The molecule has 0 spiro atoms. The monoisotopic (exact) mass is 312 g/mol. The Balaban J connectivity index is 0.00000220. The van der Waals surface area contributed by atoms with E-state index in [4.69, 9.17) is 4.74 Å². The number of nitrogens with zero attached hydrogens (tertiary/aromatic N) is 1. The van der Waals surface area contributed by atoms with Crippen LogP contribution in [0.1, 0.15) is 37.0 Å². The Morgan fingerprint density at radius 1 is 1.33 bits per heavy atom. The second-order valence-corrected chi connectivity index (χ2v) is 5.61. The van der Waals surface area contributed by atoms with Crippen molar-refractivity contribution in [2.75, 3.05) is 20.1 Å². The summed E-state index contributed by atoms with van der Waals surface area (Å²) in [6, 6.07) is 7.70. The summed E-state index contributed by atoms with van der Waals surface area (Å²) in [6.45, 7) is 5.92. The smallest absolute Gasteiger partial charge is 0.253 e. The lowest BCUT2D eigenvalue weighted by atomic mass is 10.1. The minimum Gasteiger partial charge on any atom is -0.491 e. The summed E-state index contributed by atoms with van der Waals surface area (Å²) in [5.74, 6) is 0.883. The highest BCUT2D eigenvalue weighted by Crippen LogP contribution is 2.17. The van der Waals surface area contributed by atoms with Gasteiger partial charge in [0.15, 0.2) is 0 Å². The van der Waals surface area contributed by atoms with Crippen LogP contribution in [0.15, 0.2) is 24.3 Å². The minimum absolute atomic E-state index is 0. The summed E-state index contributed by atoms with van der Waals surface area (Å²) in [4.78, 5) is 14.3. The molecule has 0 aliphatic carbocycles. The Bertz CT molecular complexity index is 442. The predicted octanol–water partition coefficient (Wildman–Crippen LogP) is 2.72. The number of benzene rings is 1. The van der Waals surface area contributed by atoms with Crippen molar-refractivity contribution in [3.05, 3.63) is 29.8 Å². The number of hydrogen-bond donors (Lipinski definition) is 1. The molecule has 2 rings (SSSR count). The molecule has 4 nitrogen and oxygen atoms in total. The van der Waals surface area contributed by atoms with E-state index in [1.54, 1.807) is 0 Å². The van der Waals surface area contributed by atoms with Gasteiger partial charge < -0.3 is 15.0 Å². The molecule has 1 saturated heterocycles. The first-order valence-electron chi connectivity index (χ1n) is 7.32. The fraction of sp³-hybridized carbons (Fsp3) is 0.562. The van der Waals surface area contributed by atoms with Crippen molar-refractivity contribution in [3.63, 3.8) is 0 Å². The van der Waals surface area contributed by atoms with E-state index in [9.17, 15) is 4.79 Å². The van der Waals surface area contributed by atoms with Crippen LogP contribution >= 0.6 is 12.4 Å². The van der Waals surface area contributed by atoms with Gasteiger partial charge in [0.1, 0.15) is 5.75 Å². The molecule has 0 saturated carbocycles. The molecule has 118 valence electrons. The minimum atomic E-state index is 0. The molecule has 5 heteroatoms. The molecule has 1 aromatic rings. The van der Waals surface area contributed by atoms with E-state index in [1.807, 2.05) is 50.1 Å². The zero-order valence-electron chi connectivity index (χ0n) is 13.0. The van der Waals surface area contributed by atoms with Crippen molar-refractivity contribution in [2.24, 2.45) is 0 Å². The molecule has 1 aliphatic rings. The van der Waals surface area contributed by atoms with Crippen LogP contribution < -0.4 is 10.1 Å². The van der Waals surface area contributed by atoms with E-state index in [1.165, 1.54) is 0 Å². The zero-order chi connectivity index (χ0) is 14.5. The molecule has 0 radical (unpaired) electrons. The van der Waals surface area contributed by atoms with Gasteiger partial charge in [-0.05, 0) is 57.5 Å². The molecule has 0 bridgehead atoms. The number of piperidine rings is 1. The third-order valence-corrected chi connectivity index (χ3v) is 3.61. The van der Waals surface area contributed by atoms with Crippen LogP contribution in [0.25, 0.3) is 0 Å². The van der Waals surface area contributed by atoms with Crippen LogP contribution in [-0.2, 0) is 0 Å². The van der Waals surface area contributed by atoms with Crippen LogP contribution in [0.4, 0.5) is 0 Å². The Morgan fingerprint density at radius 2 is 2.00 bits per heavy atom. The van der Waals surface area contributed by atoms with E-state index in [0.29, 0.717) is 11.6 Å². The Hall–Kier alpha value is -1.26. The van der Waals surface area contributed by atoms with Crippen molar-refractivity contribution < 1.29 is 9.53 Å². The molecule has 21 heavy (non-hydrogen) atoms. The highest BCUT2D eigenvalue weighted by atomic mass is 35.5. The second-order valence-electron chi connectivity index (χ2n) is 5.61. The van der Waals surface area contributed by atoms with E-state index < -0.39 is 0 Å².